The zero-order valence-corrected chi connectivity index (χ0v) is 14.6. The van der Waals surface area contributed by atoms with Gasteiger partial charge < -0.3 is 4.74 Å². The SMILES string of the molecule is COc1ccc(C(=O)Cn2nc(C)c(Br)c2C)cc1Br. The van der Waals surface area contributed by atoms with Crippen LogP contribution in [0, 0.1) is 13.8 Å². The highest BCUT2D eigenvalue weighted by atomic mass is 79.9. The van der Waals surface area contributed by atoms with Crippen molar-refractivity contribution in [2.24, 2.45) is 0 Å². The van der Waals surface area contributed by atoms with Crippen molar-refractivity contribution < 1.29 is 9.53 Å². The van der Waals surface area contributed by atoms with E-state index in [9.17, 15) is 4.79 Å². The first kappa shape index (κ1) is 15.3. The van der Waals surface area contributed by atoms with E-state index in [1.807, 2.05) is 13.8 Å². The highest BCUT2D eigenvalue weighted by molar-refractivity contribution is 9.10. The number of carbonyl (C=O) groups excluding carboxylic acids is 1. The second kappa shape index (κ2) is 6.10. The monoisotopic (exact) mass is 400 g/mol. The van der Waals surface area contributed by atoms with Crippen LogP contribution in [0.15, 0.2) is 27.1 Å². The third-order valence-corrected chi connectivity index (χ3v) is 4.83. The second-order valence-corrected chi connectivity index (χ2v) is 6.06. The zero-order valence-electron chi connectivity index (χ0n) is 11.4. The molecule has 0 atom stereocenters. The Bertz CT molecular complexity index is 665. The van der Waals surface area contributed by atoms with E-state index in [4.69, 9.17) is 4.74 Å². The molecule has 0 fully saturated rings. The molecule has 0 aliphatic heterocycles. The van der Waals surface area contributed by atoms with Crippen molar-refractivity contribution in [1.29, 1.82) is 0 Å². The van der Waals surface area contributed by atoms with E-state index in [0.29, 0.717) is 11.3 Å². The summed E-state index contributed by atoms with van der Waals surface area (Å²) in [4.78, 5) is 12.3. The summed E-state index contributed by atoms with van der Waals surface area (Å²) < 4.78 is 8.57. The fourth-order valence-electron chi connectivity index (χ4n) is 1.90. The van der Waals surface area contributed by atoms with Crippen LogP contribution in [0.1, 0.15) is 21.7 Å². The molecule has 0 amide bonds. The Hall–Kier alpha value is -1.14. The van der Waals surface area contributed by atoms with Crippen molar-refractivity contribution >= 4 is 37.6 Å². The number of halogens is 2. The lowest BCUT2D eigenvalue weighted by atomic mass is 10.1. The largest absolute Gasteiger partial charge is 0.496 e. The molecule has 0 N–H and O–H groups in total. The number of hydrogen-bond acceptors (Lipinski definition) is 3. The summed E-state index contributed by atoms with van der Waals surface area (Å²) in [5.41, 5.74) is 2.45. The van der Waals surface area contributed by atoms with Gasteiger partial charge in [0.25, 0.3) is 0 Å². The molecule has 2 aromatic rings. The minimum Gasteiger partial charge on any atom is -0.496 e. The third kappa shape index (κ3) is 2.96. The summed E-state index contributed by atoms with van der Waals surface area (Å²) in [7, 11) is 1.59. The van der Waals surface area contributed by atoms with Crippen LogP contribution in [0.5, 0.6) is 5.75 Å². The summed E-state index contributed by atoms with van der Waals surface area (Å²) in [6.07, 6.45) is 0. The van der Waals surface area contributed by atoms with E-state index in [2.05, 4.69) is 37.0 Å². The molecule has 4 nitrogen and oxygen atoms in total. The van der Waals surface area contributed by atoms with Crippen molar-refractivity contribution in [1.82, 2.24) is 9.78 Å². The van der Waals surface area contributed by atoms with Gasteiger partial charge in [-0.05, 0) is 63.9 Å². The van der Waals surface area contributed by atoms with E-state index in [1.54, 1.807) is 30.0 Å². The molecule has 0 bridgehead atoms. The summed E-state index contributed by atoms with van der Waals surface area (Å²) >= 11 is 6.84. The molecule has 0 spiro atoms. The normalized spacial score (nSPS) is 10.7. The maximum Gasteiger partial charge on any atom is 0.184 e. The van der Waals surface area contributed by atoms with Gasteiger partial charge in [-0.3, -0.25) is 9.48 Å². The molecule has 106 valence electrons. The molecule has 0 saturated carbocycles. The number of hydrogen-bond donors (Lipinski definition) is 0. The Kier molecular flexibility index (Phi) is 4.65. The lowest BCUT2D eigenvalue weighted by Crippen LogP contribution is -2.13. The quantitative estimate of drug-likeness (QED) is 0.729. The van der Waals surface area contributed by atoms with Crippen LogP contribution in [-0.4, -0.2) is 22.7 Å². The summed E-state index contributed by atoms with van der Waals surface area (Å²) in [6.45, 7) is 4.06. The molecule has 1 aromatic carbocycles. The van der Waals surface area contributed by atoms with Crippen LogP contribution in [0.2, 0.25) is 0 Å². The Morgan fingerprint density at radius 3 is 2.55 bits per heavy atom. The van der Waals surface area contributed by atoms with Gasteiger partial charge in [0.1, 0.15) is 12.3 Å². The highest BCUT2D eigenvalue weighted by Gasteiger charge is 2.14. The number of benzene rings is 1. The van der Waals surface area contributed by atoms with Crippen LogP contribution < -0.4 is 4.74 Å². The van der Waals surface area contributed by atoms with E-state index in [1.165, 1.54) is 0 Å². The van der Waals surface area contributed by atoms with Crippen LogP contribution in [0.3, 0.4) is 0 Å². The maximum absolute atomic E-state index is 12.3. The molecule has 0 aliphatic rings. The predicted molar refractivity (Wildman–Crippen MR) is 84.4 cm³/mol. The molecule has 0 unspecified atom stereocenters. The van der Waals surface area contributed by atoms with E-state index < -0.39 is 0 Å². The van der Waals surface area contributed by atoms with Crippen LogP contribution in [0.4, 0.5) is 0 Å². The number of nitrogens with zero attached hydrogens (tertiary/aromatic N) is 2. The van der Waals surface area contributed by atoms with Crippen molar-refractivity contribution in [2.75, 3.05) is 7.11 Å². The smallest absolute Gasteiger partial charge is 0.184 e. The molecular weight excluding hydrogens is 388 g/mol. The first-order chi connectivity index (χ1) is 9.43. The van der Waals surface area contributed by atoms with Gasteiger partial charge in [-0.15, -0.1) is 0 Å². The van der Waals surface area contributed by atoms with Gasteiger partial charge in [0, 0.05) is 5.56 Å². The zero-order chi connectivity index (χ0) is 14.9. The van der Waals surface area contributed by atoms with Crippen molar-refractivity contribution in [3.05, 3.63) is 44.1 Å². The first-order valence-electron chi connectivity index (χ1n) is 6.00. The number of aromatic nitrogens is 2. The van der Waals surface area contributed by atoms with E-state index in [0.717, 1.165) is 20.3 Å². The Labute approximate surface area is 134 Å². The predicted octanol–water partition coefficient (Wildman–Crippen LogP) is 3.92. The van der Waals surface area contributed by atoms with Gasteiger partial charge in [-0.25, -0.2) is 0 Å². The van der Waals surface area contributed by atoms with Gasteiger partial charge >= 0.3 is 0 Å². The van der Waals surface area contributed by atoms with Crippen LogP contribution >= 0.6 is 31.9 Å². The number of methoxy groups -OCH3 is 1. The molecule has 20 heavy (non-hydrogen) atoms. The lowest BCUT2D eigenvalue weighted by Gasteiger charge is -2.07. The Morgan fingerprint density at radius 2 is 2.05 bits per heavy atom. The van der Waals surface area contributed by atoms with Gasteiger partial charge in [0.05, 0.1) is 27.4 Å². The number of carbonyl (C=O) groups is 1. The molecule has 2 rings (SSSR count). The average Bonchev–Trinajstić information content (AvgIpc) is 2.66. The maximum atomic E-state index is 12.3. The van der Waals surface area contributed by atoms with E-state index in [-0.39, 0.29) is 12.3 Å². The Balaban J connectivity index is 2.24. The van der Waals surface area contributed by atoms with Crippen molar-refractivity contribution in [2.45, 2.75) is 20.4 Å². The molecular formula is C14H14Br2N2O2. The molecule has 6 heteroatoms. The second-order valence-electron chi connectivity index (χ2n) is 4.41. The van der Waals surface area contributed by atoms with Crippen molar-refractivity contribution in [3.8, 4) is 5.75 Å². The van der Waals surface area contributed by atoms with Gasteiger partial charge in [-0.2, -0.15) is 5.10 Å². The van der Waals surface area contributed by atoms with Crippen LogP contribution in [0.25, 0.3) is 0 Å². The topological polar surface area (TPSA) is 44.1 Å². The standard InChI is InChI=1S/C14H14Br2N2O2/c1-8-14(16)9(2)18(17-8)7-12(19)10-4-5-13(20-3)11(15)6-10/h4-6H,7H2,1-3H3. The Morgan fingerprint density at radius 1 is 1.35 bits per heavy atom. The molecule has 0 aliphatic carbocycles. The fraction of sp³-hybridized carbons (Fsp3) is 0.286. The highest BCUT2D eigenvalue weighted by Crippen LogP contribution is 2.26. The first-order valence-corrected chi connectivity index (χ1v) is 7.59. The summed E-state index contributed by atoms with van der Waals surface area (Å²) in [5.74, 6) is 0.710. The van der Waals surface area contributed by atoms with Gasteiger partial charge in [-0.1, -0.05) is 0 Å². The lowest BCUT2D eigenvalue weighted by molar-refractivity contribution is 0.0966. The third-order valence-electron chi connectivity index (χ3n) is 3.06. The van der Waals surface area contributed by atoms with Gasteiger partial charge in [0.2, 0.25) is 0 Å². The van der Waals surface area contributed by atoms with E-state index >= 15 is 0 Å². The fourth-order valence-corrected chi connectivity index (χ4v) is 2.72. The van der Waals surface area contributed by atoms with Gasteiger partial charge in [0.15, 0.2) is 5.78 Å². The number of rotatable bonds is 4. The number of aryl methyl sites for hydroxylation is 1. The molecule has 0 radical (unpaired) electrons. The minimum absolute atomic E-state index is 0.00598. The van der Waals surface area contributed by atoms with Crippen molar-refractivity contribution in [3.63, 3.8) is 0 Å². The molecule has 0 saturated heterocycles. The summed E-state index contributed by atoms with van der Waals surface area (Å²) in [5, 5.41) is 4.34. The number of Topliss-reactive ketones (excluding diaryl/α,β-unsaturated/α-hetero) is 1. The summed E-state index contributed by atoms with van der Waals surface area (Å²) in [6, 6.07) is 5.29. The number of ketones is 1. The average molecular weight is 402 g/mol. The molecule has 1 aromatic heterocycles. The molecule has 1 heterocycles. The van der Waals surface area contributed by atoms with Crippen LogP contribution in [-0.2, 0) is 6.54 Å². The number of ether oxygens (including phenoxy) is 1. The minimum atomic E-state index is 0.00598.